The van der Waals surface area contributed by atoms with Crippen LogP contribution in [0, 0.1) is 0 Å². The zero-order valence-electron chi connectivity index (χ0n) is 14.5. The standard InChI is InChI=1S/C20H17F2N3O2/c1-12(18-24-14-7-3-4-8-15(14)25(18)20(21)22)11-23-19(26)17-10-13-6-2-5-9-16(13)27-17/h2-10,12,20H,11H2,1H3,(H,23,26)/t12-/m1/s1. The molecule has 5 nitrogen and oxygen atoms in total. The number of para-hydroxylation sites is 3. The van der Waals surface area contributed by atoms with Gasteiger partial charge in [-0.1, -0.05) is 37.3 Å². The Bertz CT molecular complexity index is 1080. The van der Waals surface area contributed by atoms with E-state index in [1.54, 1.807) is 43.3 Å². The lowest BCUT2D eigenvalue weighted by molar-refractivity contribution is 0.0703. The minimum Gasteiger partial charge on any atom is -0.451 e. The van der Waals surface area contributed by atoms with Crippen molar-refractivity contribution in [3.63, 3.8) is 0 Å². The number of benzene rings is 2. The van der Waals surface area contributed by atoms with Gasteiger partial charge in [-0.05, 0) is 24.3 Å². The largest absolute Gasteiger partial charge is 0.451 e. The van der Waals surface area contributed by atoms with Crippen LogP contribution >= 0.6 is 0 Å². The second kappa shape index (κ2) is 6.83. The Balaban J connectivity index is 1.54. The molecule has 4 rings (SSSR count). The van der Waals surface area contributed by atoms with Gasteiger partial charge in [-0.15, -0.1) is 0 Å². The first kappa shape index (κ1) is 17.2. The second-order valence-electron chi connectivity index (χ2n) is 6.37. The van der Waals surface area contributed by atoms with Gasteiger partial charge < -0.3 is 9.73 Å². The van der Waals surface area contributed by atoms with Gasteiger partial charge in [0.15, 0.2) is 5.76 Å². The molecule has 0 spiro atoms. The van der Waals surface area contributed by atoms with Crippen molar-refractivity contribution in [3.8, 4) is 0 Å². The Labute approximate surface area is 153 Å². The summed E-state index contributed by atoms with van der Waals surface area (Å²) in [5.41, 5.74) is 1.50. The fraction of sp³-hybridized carbons (Fsp3) is 0.200. The Morgan fingerprint density at radius 2 is 1.93 bits per heavy atom. The van der Waals surface area contributed by atoms with Crippen LogP contribution in [-0.4, -0.2) is 22.0 Å². The monoisotopic (exact) mass is 369 g/mol. The maximum absolute atomic E-state index is 13.6. The number of hydrogen-bond donors (Lipinski definition) is 1. The number of imidazole rings is 1. The first-order chi connectivity index (χ1) is 13.0. The van der Waals surface area contributed by atoms with Gasteiger partial charge in [-0.3, -0.25) is 9.36 Å². The van der Waals surface area contributed by atoms with Crippen molar-refractivity contribution in [2.45, 2.75) is 19.4 Å². The van der Waals surface area contributed by atoms with Gasteiger partial charge >= 0.3 is 6.55 Å². The van der Waals surface area contributed by atoms with Crippen molar-refractivity contribution in [3.05, 3.63) is 66.2 Å². The van der Waals surface area contributed by atoms with Crippen LogP contribution in [0.5, 0.6) is 0 Å². The number of furan rings is 1. The van der Waals surface area contributed by atoms with Crippen molar-refractivity contribution in [2.75, 3.05) is 6.54 Å². The summed E-state index contributed by atoms with van der Waals surface area (Å²) in [4.78, 5) is 16.7. The molecule has 1 amide bonds. The molecule has 0 radical (unpaired) electrons. The van der Waals surface area contributed by atoms with E-state index in [9.17, 15) is 13.6 Å². The third kappa shape index (κ3) is 3.16. The highest BCUT2D eigenvalue weighted by Crippen LogP contribution is 2.27. The number of carbonyl (C=O) groups excluding carboxylic acids is 1. The first-order valence-electron chi connectivity index (χ1n) is 8.56. The van der Waals surface area contributed by atoms with E-state index in [0.717, 1.165) is 9.95 Å². The highest BCUT2D eigenvalue weighted by atomic mass is 19.3. The quantitative estimate of drug-likeness (QED) is 0.554. The molecule has 4 aromatic rings. The molecule has 138 valence electrons. The van der Waals surface area contributed by atoms with Crippen molar-refractivity contribution >= 4 is 27.9 Å². The van der Waals surface area contributed by atoms with Gasteiger partial charge in [0.1, 0.15) is 11.4 Å². The average molecular weight is 369 g/mol. The van der Waals surface area contributed by atoms with E-state index in [1.807, 2.05) is 18.2 Å². The number of fused-ring (bicyclic) bond motifs is 2. The van der Waals surface area contributed by atoms with Crippen molar-refractivity contribution in [1.29, 1.82) is 0 Å². The molecule has 0 aliphatic carbocycles. The fourth-order valence-electron chi connectivity index (χ4n) is 3.13. The van der Waals surface area contributed by atoms with Crippen LogP contribution in [0.1, 0.15) is 35.8 Å². The summed E-state index contributed by atoms with van der Waals surface area (Å²) in [6.07, 6.45) is 0. The Morgan fingerprint density at radius 3 is 2.70 bits per heavy atom. The maximum Gasteiger partial charge on any atom is 0.320 e. The molecular weight excluding hydrogens is 352 g/mol. The summed E-state index contributed by atoms with van der Waals surface area (Å²) in [5, 5.41) is 3.57. The Kier molecular flexibility index (Phi) is 4.35. The van der Waals surface area contributed by atoms with E-state index in [2.05, 4.69) is 10.3 Å². The highest BCUT2D eigenvalue weighted by Gasteiger charge is 2.22. The van der Waals surface area contributed by atoms with E-state index < -0.39 is 18.4 Å². The first-order valence-corrected chi connectivity index (χ1v) is 8.56. The molecule has 2 heterocycles. The zero-order chi connectivity index (χ0) is 19.0. The van der Waals surface area contributed by atoms with E-state index >= 15 is 0 Å². The molecule has 0 aliphatic rings. The molecule has 0 fully saturated rings. The average Bonchev–Trinajstić information content (AvgIpc) is 3.27. The Hall–Kier alpha value is -3.22. The molecule has 1 atom stereocenters. The lowest BCUT2D eigenvalue weighted by atomic mass is 10.1. The lowest BCUT2D eigenvalue weighted by Gasteiger charge is -2.14. The number of nitrogens with zero attached hydrogens (tertiary/aromatic N) is 2. The summed E-state index contributed by atoms with van der Waals surface area (Å²) in [6, 6.07) is 15.7. The summed E-state index contributed by atoms with van der Waals surface area (Å²) in [7, 11) is 0. The molecule has 2 aromatic heterocycles. The highest BCUT2D eigenvalue weighted by molar-refractivity contribution is 5.96. The number of rotatable bonds is 5. The van der Waals surface area contributed by atoms with Crippen LogP contribution in [0.25, 0.3) is 22.0 Å². The molecule has 0 aliphatic heterocycles. The van der Waals surface area contributed by atoms with Crippen molar-refractivity contribution < 1.29 is 18.0 Å². The minimum absolute atomic E-state index is 0.159. The number of aromatic nitrogens is 2. The van der Waals surface area contributed by atoms with Crippen LogP contribution in [0.15, 0.2) is 59.0 Å². The van der Waals surface area contributed by atoms with Gasteiger partial charge in [0.05, 0.1) is 11.0 Å². The molecule has 0 saturated carbocycles. The summed E-state index contributed by atoms with van der Waals surface area (Å²) in [5.74, 6) is -0.376. The SMILES string of the molecule is C[C@H](CNC(=O)c1cc2ccccc2o1)c1nc2ccccc2n1C(F)F. The number of alkyl halides is 2. The van der Waals surface area contributed by atoms with Crippen molar-refractivity contribution in [1.82, 2.24) is 14.9 Å². The zero-order valence-corrected chi connectivity index (χ0v) is 14.5. The van der Waals surface area contributed by atoms with Crippen LogP contribution in [0.2, 0.25) is 0 Å². The summed E-state index contributed by atoms with van der Waals surface area (Å²) >= 11 is 0. The number of halogens is 2. The van der Waals surface area contributed by atoms with Gasteiger partial charge in [-0.2, -0.15) is 8.78 Å². The molecule has 1 N–H and O–H groups in total. The molecule has 27 heavy (non-hydrogen) atoms. The number of carbonyl (C=O) groups is 1. The van der Waals surface area contributed by atoms with Gasteiger partial charge in [0, 0.05) is 17.8 Å². The third-order valence-corrected chi connectivity index (χ3v) is 4.48. The summed E-state index contributed by atoms with van der Waals surface area (Å²) in [6.45, 7) is -0.800. The number of amides is 1. The van der Waals surface area contributed by atoms with Gasteiger partial charge in [0.25, 0.3) is 5.91 Å². The van der Waals surface area contributed by atoms with E-state index in [4.69, 9.17) is 4.42 Å². The Morgan fingerprint density at radius 1 is 1.19 bits per heavy atom. The predicted octanol–water partition coefficient (Wildman–Crippen LogP) is 4.71. The van der Waals surface area contributed by atoms with Crippen LogP contribution < -0.4 is 5.32 Å². The molecule has 2 aromatic carbocycles. The summed E-state index contributed by atoms with van der Waals surface area (Å²) < 4.78 is 33.5. The van der Waals surface area contributed by atoms with E-state index in [0.29, 0.717) is 16.6 Å². The predicted molar refractivity (Wildman–Crippen MR) is 97.9 cm³/mol. The molecule has 0 saturated heterocycles. The van der Waals surface area contributed by atoms with Crippen LogP contribution in [0.4, 0.5) is 8.78 Å². The number of hydrogen-bond acceptors (Lipinski definition) is 3. The van der Waals surface area contributed by atoms with Gasteiger partial charge in [-0.25, -0.2) is 4.98 Å². The molecular formula is C20H17F2N3O2. The van der Waals surface area contributed by atoms with Crippen molar-refractivity contribution in [2.24, 2.45) is 0 Å². The smallest absolute Gasteiger partial charge is 0.320 e. The van der Waals surface area contributed by atoms with E-state index in [1.165, 1.54) is 0 Å². The maximum atomic E-state index is 13.6. The van der Waals surface area contributed by atoms with E-state index in [-0.39, 0.29) is 18.1 Å². The normalized spacial score (nSPS) is 12.7. The van der Waals surface area contributed by atoms with Crippen LogP contribution in [-0.2, 0) is 0 Å². The molecule has 0 bridgehead atoms. The topological polar surface area (TPSA) is 60.1 Å². The molecule has 0 unspecified atom stereocenters. The third-order valence-electron chi connectivity index (χ3n) is 4.48. The lowest BCUT2D eigenvalue weighted by Crippen LogP contribution is -2.28. The fourth-order valence-corrected chi connectivity index (χ4v) is 3.13. The number of nitrogens with one attached hydrogen (secondary N) is 1. The second-order valence-corrected chi connectivity index (χ2v) is 6.37. The van der Waals surface area contributed by atoms with Crippen LogP contribution in [0.3, 0.4) is 0 Å². The minimum atomic E-state index is -2.71. The van der Waals surface area contributed by atoms with Gasteiger partial charge in [0.2, 0.25) is 0 Å². The molecule has 7 heteroatoms.